The first kappa shape index (κ1) is 16.5. The van der Waals surface area contributed by atoms with Crippen molar-refractivity contribution in [2.45, 2.75) is 12.8 Å². The van der Waals surface area contributed by atoms with E-state index in [0.717, 1.165) is 17.9 Å². The Morgan fingerprint density at radius 3 is 2.38 bits per heavy atom. The van der Waals surface area contributed by atoms with E-state index in [1.54, 1.807) is 0 Å². The van der Waals surface area contributed by atoms with Gasteiger partial charge in [0, 0.05) is 5.56 Å². The highest BCUT2D eigenvalue weighted by Gasteiger charge is 2.30. The molecule has 0 N–H and O–H groups in total. The van der Waals surface area contributed by atoms with Crippen molar-refractivity contribution in [2.75, 3.05) is 0 Å². The zero-order valence-electron chi connectivity index (χ0n) is 13.1. The largest absolute Gasteiger partial charge is 0.486 e. The topological polar surface area (TPSA) is 52.3 Å². The normalized spacial score (nSPS) is 11.8. The molecule has 4 aromatic rings. The van der Waals surface area contributed by atoms with Crippen LogP contribution in [0.2, 0.25) is 0 Å². The van der Waals surface area contributed by atoms with Crippen LogP contribution in [-0.4, -0.2) is 19.8 Å². The second-order valence-corrected chi connectivity index (χ2v) is 6.43. The van der Waals surface area contributed by atoms with Crippen LogP contribution in [-0.2, 0) is 12.8 Å². The van der Waals surface area contributed by atoms with Gasteiger partial charge in [0.1, 0.15) is 12.4 Å². The zero-order valence-corrected chi connectivity index (χ0v) is 14.0. The van der Waals surface area contributed by atoms with Gasteiger partial charge in [-0.15, -0.1) is 10.2 Å². The van der Waals surface area contributed by atoms with Crippen LogP contribution in [0, 0.1) is 0 Å². The van der Waals surface area contributed by atoms with Crippen molar-refractivity contribution >= 4 is 16.3 Å². The van der Waals surface area contributed by atoms with Crippen LogP contribution in [0.5, 0.6) is 5.75 Å². The minimum Gasteiger partial charge on any atom is -0.486 e. The number of rotatable bonds is 4. The first-order chi connectivity index (χ1) is 12.5. The molecule has 132 valence electrons. The fraction of sp³-hybridized carbons (Fsp3) is 0.118. The molecule has 0 bridgehead atoms. The van der Waals surface area contributed by atoms with E-state index in [4.69, 9.17) is 4.74 Å². The average molecular weight is 376 g/mol. The van der Waals surface area contributed by atoms with E-state index in [0.29, 0.717) is 21.4 Å². The molecular weight excluding hydrogens is 365 g/mol. The van der Waals surface area contributed by atoms with E-state index in [9.17, 15) is 13.2 Å². The number of aromatic nitrogens is 4. The summed E-state index contributed by atoms with van der Waals surface area (Å²) in [6, 6.07) is 14.1. The number of halogens is 3. The molecule has 0 radical (unpaired) electrons. The molecule has 0 fully saturated rings. The Morgan fingerprint density at radius 1 is 0.962 bits per heavy atom. The minimum absolute atomic E-state index is 0.268. The fourth-order valence-corrected chi connectivity index (χ4v) is 3.11. The molecule has 2 aromatic carbocycles. The molecule has 0 aliphatic rings. The van der Waals surface area contributed by atoms with E-state index in [-0.39, 0.29) is 6.61 Å². The number of para-hydroxylation sites is 1. The first-order valence-corrected chi connectivity index (χ1v) is 8.39. The van der Waals surface area contributed by atoms with Gasteiger partial charge < -0.3 is 4.74 Å². The van der Waals surface area contributed by atoms with Gasteiger partial charge in [0.15, 0.2) is 10.8 Å². The predicted octanol–water partition coefficient (Wildman–Crippen LogP) is 4.45. The summed E-state index contributed by atoms with van der Waals surface area (Å²) in [6.07, 6.45) is -4.37. The maximum atomic E-state index is 12.7. The molecule has 0 amide bonds. The molecule has 4 rings (SSSR count). The third-order valence-corrected chi connectivity index (χ3v) is 4.48. The van der Waals surface area contributed by atoms with Crippen molar-refractivity contribution < 1.29 is 17.9 Å². The summed E-state index contributed by atoms with van der Waals surface area (Å²) in [4.78, 5) is 0.548. The van der Waals surface area contributed by atoms with Crippen molar-refractivity contribution in [1.82, 2.24) is 19.8 Å². The monoisotopic (exact) mass is 376 g/mol. The summed E-state index contributed by atoms with van der Waals surface area (Å²) >= 11 is 1.31. The second kappa shape index (κ2) is 6.41. The Bertz CT molecular complexity index is 1030. The molecule has 0 aliphatic carbocycles. The number of ether oxygens (including phenoxy) is 1. The van der Waals surface area contributed by atoms with Gasteiger partial charge in [0.25, 0.3) is 0 Å². The van der Waals surface area contributed by atoms with Gasteiger partial charge in [-0.3, -0.25) is 0 Å². The molecular formula is C17H11F3N4OS. The first-order valence-electron chi connectivity index (χ1n) is 7.57. The lowest BCUT2D eigenvalue weighted by Crippen LogP contribution is -2.04. The van der Waals surface area contributed by atoms with Gasteiger partial charge >= 0.3 is 6.18 Å². The van der Waals surface area contributed by atoms with Crippen LogP contribution in [0.15, 0.2) is 54.6 Å². The lowest BCUT2D eigenvalue weighted by atomic mass is 10.1. The Morgan fingerprint density at radius 2 is 1.69 bits per heavy atom. The molecule has 5 nitrogen and oxygen atoms in total. The smallest absolute Gasteiger partial charge is 0.416 e. The van der Waals surface area contributed by atoms with Gasteiger partial charge in [0.05, 0.1) is 5.56 Å². The van der Waals surface area contributed by atoms with E-state index in [1.807, 2.05) is 30.3 Å². The molecule has 0 unspecified atom stereocenters. The molecule has 0 saturated heterocycles. The van der Waals surface area contributed by atoms with E-state index >= 15 is 0 Å². The number of alkyl halides is 3. The summed E-state index contributed by atoms with van der Waals surface area (Å²) < 4.78 is 45.2. The van der Waals surface area contributed by atoms with Crippen LogP contribution < -0.4 is 4.74 Å². The number of benzene rings is 2. The molecule has 9 heteroatoms. The van der Waals surface area contributed by atoms with Crippen molar-refractivity contribution in [3.63, 3.8) is 0 Å². The van der Waals surface area contributed by atoms with Crippen LogP contribution >= 0.6 is 11.3 Å². The number of hydrogen-bond donors (Lipinski definition) is 0. The molecule has 2 aromatic heterocycles. The van der Waals surface area contributed by atoms with E-state index in [2.05, 4.69) is 15.3 Å². The zero-order chi connectivity index (χ0) is 18.1. The predicted molar refractivity (Wildman–Crippen MR) is 89.9 cm³/mol. The van der Waals surface area contributed by atoms with E-state index in [1.165, 1.54) is 28.0 Å². The van der Waals surface area contributed by atoms with Crippen LogP contribution in [0.4, 0.5) is 13.2 Å². The lowest BCUT2D eigenvalue weighted by molar-refractivity contribution is -0.137. The number of fused-ring (bicyclic) bond motifs is 1. The molecule has 2 heterocycles. The Labute approximate surface area is 149 Å². The quantitative estimate of drug-likeness (QED) is 0.528. The SMILES string of the molecule is FC(F)(F)c1ccc(-c2nnc3sc(COc4ccccc4)nn23)cc1. The maximum absolute atomic E-state index is 12.7. The molecule has 0 saturated carbocycles. The highest BCUT2D eigenvalue weighted by Crippen LogP contribution is 2.31. The van der Waals surface area contributed by atoms with E-state index < -0.39 is 11.7 Å². The fourth-order valence-electron chi connectivity index (χ4n) is 2.36. The highest BCUT2D eigenvalue weighted by atomic mass is 32.1. The third kappa shape index (κ3) is 3.25. The Kier molecular flexibility index (Phi) is 4.08. The number of nitrogens with zero attached hydrogens (tertiary/aromatic N) is 4. The summed E-state index contributed by atoms with van der Waals surface area (Å²) in [5.41, 5.74) is -0.205. The standard InChI is InChI=1S/C17H11F3N4OS/c18-17(19,20)12-8-6-11(7-9-12)15-21-22-16-24(15)23-14(26-16)10-25-13-4-2-1-3-5-13/h1-9H,10H2. The van der Waals surface area contributed by atoms with Crippen LogP contribution in [0.3, 0.4) is 0 Å². The average Bonchev–Trinajstić information content (AvgIpc) is 3.20. The van der Waals surface area contributed by atoms with Gasteiger partial charge in [0.2, 0.25) is 4.96 Å². The Balaban J connectivity index is 1.58. The highest BCUT2D eigenvalue weighted by molar-refractivity contribution is 7.16. The van der Waals surface area contributed by atoms with Crippen molar-refractivity contribution in [3.8, 4) is 17.1 Å². The van der Waals surface area contributed by atoms with Gasteiger partial charge in [-0.1, -0.05) is 41.7 Å². The number of hydrogen-bond acceptors (Lipinski definition) is 5. The summed E-state index contributed by atoms with van der Waals surface area (Å²) in [7, 11) is 0. The van der Waals surface area contributed by atoms with Gasteiger partial charge in [-0.25, -0.2) is 0 Å². The maximum Gasteiger partial charge on any atom is 0.416 e. The summed E-state index contributed by atoms with van der Waals surface area (Å²) in [5.74, 6) is 1.11. The molecule has 0 spiro atoms. The molecule has 0 atom stereocenters. The van der Waals surface area contributed by atoms with Crippen molar-refractivity contribution in [1.29, 1.82) is 0 Å². The summed E-state index contributed by atoms with van der Waals surface area (Å²) in [5, 5.41) is 13.1. The van der Waals surface area contributed by atoms with Crippen molar-refractivity contribution in [2.24, 2.45) is 0 Å². The lowest BCUT2D eigenvalue weighted by Gasteiger charge is -2.06. The van der Waals surface area contributed by atoms with Gasteiger partial charge in [-0.05, 0) is 24.3 Å². The third-order valence-electron chi connectivity index (χ3n) is 3.61. The van der Waals surface area contributed by atoms with Crippen molar-refractivity contribution in [3.05, 3.63) is 65.2 Å². The second-order valence-electron chi connectivity index (χ2n) is 5.39. The van der Waals surface area contributed by atoms with Crippen LogP contribution in [0.1, 0.15) is 10.6 Å². The van der Waals surface area contributed by atoms with Crippen LogP contribution in [0.25, 0.3) is 16.3 Å². The van der Waals surface area contributed by atoms with Gasteiger partial charge in [-0.2, -0.15) is 22.8 Å². The summed E-state index contributed by atoms with van der Waals surface area (Å²) in [6.45, 7) is 0.268. The Hall–Kier alpha value is -2.94. The molecule has 0 aliphatic heterocycles. The minimum atomic E-state index is -4.37. The molecule has 26 heavy (non-hydrogen) atoms.